The molecular formula is C14H19N3OS. The van der Waals surface area contributed by atoms with Crippen molar-refractivity contribution in [2.24, 2.45) is 7.05 Å². The minimum atomic E-state index is 0.103. The van der Waals surface area contributed by atoms with Crippen LogP contribution in [0.25, 0.3) is 11.0 Å². The Morgan fingerprint density at radius 2 is 2.26 bits per heavy atom. The highest BCUT2D eigenvalue weighted by atomic mass is 32.2. The molecule has 2 aromatic rings. The summed E-state index contributed by atoms with van der Waals surface area (Å²) in [4.78, 5) is 16.0. The van der Waals surface area contributed by atoms with Gasteiger partial charge >= 0.3 is 0 Å². The maximum absolute atomic E-state index is 11.6. The number of aryl methyl sites for hydroxylation is 2. The van der Waals surface area contributed by atoms with Crippen LogP contribution < -0.4 is 5.32 Å². The summed E-state index contributed by atoms with van der Waals surface area (Å²) in [7, 11) is 2.01. The van der Waals surface area contributed by atoms with Gasteiger partial charge in [-0.1, -0.05) is 6.07 Å². The summed E-state index contributed by atoms with van der Waals surface area (Å²) < 4.78 is 2.07. The molecule has 0 spiro atoms. The maximum atomic E-state index is 11.6. The van der Waals surface area contributed by atoms with Gasteiger partial charge in [0.05, 0.1) is 11.0 Å². The zero-order valence-electron chi connectivity index (χ0n) is 11.6. The van der Waals surface area contributed by atoms with Crippen LogP contribution in [-0.2, 0) is 18.4 Å². The van der Waals surface area contributed by atoms with Crippen molar-refractivity contribution >= 4 is 28.7 Å². The number of nitrogens with one attached hydrogen (secondary N) is 1. The molecule has 1 N–H and O–H groups in total. The van der Waals surface area contributed by atoms with Gasteiger partial charge in [0, 0.05) is 25.8 Å². The van der Waals surface area contributed by atoms with Gasteiger partial charge in [0.2, 0.25) is 5.91 Å². The molecule has 0 radical (unpaired) electrons. The van der Waals surface area contributed by atoms with Gasteiger partial charge < -0.3 is 9.88 Å². The monoisotopic (exact) mass is 277 g/mol. The van der Waals surface area contributed by atoms with Crippen molar-refractivity contribution < 1.29 is 4.79 Å². The lowest BCUT2D eigenvalue weighted by Crippen LogP contribution is -2.22. The molecule has 0 atom stereocenters. The largest absolute Gasteiger partial charge is 0.352 e. The van der Waals surface area contributed by atoms with Crippen LogP contribution in [0.1, 0.15) is 17.8 Å². The van der Waals surface area contributed by atoms with Crippen LogP contribution >= 0.6 is 11.8 Å². The lowest BCUT2D eigenvalue weighted by atomic mass is 10.2. The fourth-order valence-electron chi connectivity index (χ4n) is 1.96. The van der Waals surface area contributed by atoms with Gasteiger partial charge in [0.1, 0.15) is 5.82 Å². The highest BCUT2D eigenvalue weighted by Gasteiger charge is 2.05. The Labute approximate surface area is 117 Å². The number of carbonyl (C=O) groups is 1. The van der Waals surface area contributed by atoms with E-state index < -0.39 is 0 Å². The number of carbonyl (C=O) groups excluding carboxylic acids is 1. The van der Waals surface area contributed by atoms with Gasteiger partial charge in [-0.25, -0.2) is 4.98 Å². The van der Waals surface area contributed by atoms with Gasteiger partial charge in [0.15, 0.2) is 0 Å². The first-order valence-corrected chi connectivity index (χ1v) is 7.69. The standard InChI is InChI=1S/C14H19N3OS/c1-10-16-12-8-11(4-5-13(12)17(10)2)9-15-14(18)6-7-19-3/h4-5,8H,6-7,9H2,1-3H3,(H,15,18). The van der Waals surface area contributed by atoms with Crippen LogP contribution in [0.5, 0.6) is 0 Å². The molecule has 19 heavy (non-hydrogen) atoms. The summed E-state index contributed by atoms with van der Waals surface area (Å²) in [6.45, 7) is 2.56. The smallest absolute Gasteiger partial charge is 0.221 e. The van der Waals surface area contributed by atoms with E-state index in [9.17, 15) is 4.79 Å². The fourth-order valence-corrected chi connectivity index (χ4v) is 2.35. The first-order chi connectivity index (χ1) is 9.11. The van der Waals surface area contributed by atoms with E-state index in [0.717, 1.165) is 28.2 Å². The lowest BCUT2D eigenvalue weighted by molar-refractivity contribution is -0.120. The van der Waals surface area contributed by atoms with Crippen LogP contribution in [0.2, 0.25) is 0 Å². The fraction of sp³-hybridized carbons (Fsp3) is 0.429. The molecule has 5 heteroatoms. The molecule has 0 saturated carbocycles. The third-order valence-electron chi connectivity index (χ3n) is 3.19. The van der Waals surface area contributed by atoms with Crippen LogP contribution in [0.3, 0.4) is 0 Å². The Kier molecular flexibility index (Phi) is 4.47. The molecular weight excluding hydrogens is 258 g/mol. The van der Waals surface area contributed by atoms with E-state index in [2.05, 4.69) is 20.9 Å². The van der Waals surface area contributed by atoms with Gasteiger partial charge in [-0.05, 0) is 30.9 Å². The second-order valence-corrected chi connectivity index (χ2v) is 5.55. The maximum Gasteiger partial charge on any atom is 0.221 e. The van der Waals surface area contributed by atoms with Crippen molar-refractivity contribution in [1.82, 2.24) is 14.9 Å². The Morgan fingerprint density at radius 1 is 1.47 bits per heavy atom. The quantitative estimate of drug-likeness (QED) is 0.912. The summed E-state index contributed by atoms with van der Waals surface area (Å²) in [5.41, 5.74) is 3.19. The number of imidazole rings is 1. The van der Waals surface area contributed by atoms with Crippen molar-refractivity contribution in [3.05, 3.63) is 29.6 Å². The third-order valence-corrected chi connectivity index (χ3v) is 3.80. The molecule has 1 aromatic carbocycles. The highest BCUT2D eigenvalue weighted by Crippen LogP contribution is 2.16. The summed E-state index contributed by atoms with van der Waals surface area (Å²) in [6, 6.07) is 6.13. The van der Waals surface area contributed by atoms with Gasteiger partial charge in [0.25, 0.3) is 0 Å². The highest BCUT2D eigenvalue weighted by molar-refractivity contribution is 7.98. The van der Waals surface area contributed by atoms with E-state index >= 15 is 0 Å². The molecule has 1 heterocycles. The second kappa shape index (κ2) is 6.10. The number of amides is 1. The Balaban J connectivity index is 2.03. The zero-order valence-corrected chi connectivity index (χ0v) is 12.4. The SMILES string of the molecule is CSCCC(=O)NCc1ccc2c(c1)nc(C)n2C. The van der Waals surface area contributed by atoms with Crippen molar-refractivity contribution in [2.75, 3.05) is 12.0 Å². The predicted octanol–water partition coefficient (Wildman–Crippen LogP) is 2.25. The number of benzene rings is 1. The molecule has 0 aliphatic carbocycles. The molecule has 4 nitrogen and oxygen atoms in total. The first-order valence-electron chi connectivity index (χ1n) is 6.29. The number of nitrogens with zero attached hydrogens (tertiary/aromatic N) is 2. The minimum Gasteiger partial charge on any atom is -0.352 e. The number of hydrogen-bond donors (Lipinski definition) is 1. The number of hydrogen-bond acceptors (Lipinski definition) is 3. The van der Waals surface area contributed by atoms with Crippen LogP contribution in [0.4, 0.5) is 0 Å². The molecule has 1 aromatic heterocycles. The normalized spacial score (nSPS) is 10.9. The Hall–Kier alpha value is -1.49. The van der Waals surface area contributed by atoms with E-state index in [0.29, 0.717) is 13.0 Å². The van der Waals surface area contributed by atoms with Crippen molar-refractivity contribution in [1.29, 1.82) is 0 Å². The zero-order chi connectivity index (χ0) is 13.8. The predicted molar refractivity (Wildman–Crippen MR) is 80.3 cm³/mol. The minimum absolute atomic E-state index is 0.103. The summed E-state index contributed by atoms with van der Waals surface area (Å²) >= 11 is 1.68. The van der Waals surface area contributed by atoms with E-state index in [1.165, 1.54) is 0 Å². The van der Waals surface area contributed by atoms with E-state index in [4.69, 9.17) is 0 Å². The molecule has 0 bridgehead atoms. The lowest BCUT2D eigenvalue weighted by Gasteiger charge is -2.05. The number of thioether (sulfide) groups is 1. The summed E-state index contributed by atoms with van der Waals surface area (Å²) in [6.07, 6.45) is 2.58. The van der Waals surface area contributed by atoms with Crippen LogP contribution in [0.15, 0.2) is 18.2 Å². The first kappa shape index (κ1) is 13.9. The number of fused-ring (bicyclic) bond motifs is 1. The molecule has 0 aliphatic rings. The summed E-state index contributed by atoms with van der Waals surface area (Å²) in [5, 5.41) is 2.93. The van der Waals surface area contributed by atoms with Crippen molar-refractivity contribution in [3.8, 4) is 0 Å². The molecule has 102 valence electrons. The van der Waals surface area contributed by atoms with E-state index in [1.807, 2.05) is 32.4 Å². The average molecular weight is 277 g/mol. The van der Waals surface area contributed by atoms with Gasteiger partial charge in [-0.3, -0.25) is 4.79 Å². The molecule has 0 saturated heterocycles. The van der Waals surface area contributed by atoms with Gasteiger partial charge in [-0.2, -0.15) is 11.8 Å². The van der Waals surface area contributed by atoms with Crippen molar-refractivity contribution in [3.63, 3.8) is 0 Å². The van der Waals surface area contributed by atoms with E-state index in [1.54, 1.807) is 11.8 Å². The number of rotatable bonds is 5. The Bertz CT molecular complexity index is 592. The molecule has 2 rings (SSSR count). The molecule has 0 fully saturated rings. The van der Waals surface area contributed by atoms with Crippen molar-refractivity contribution in [2.45, 2.75) is 19.9 Å². The third kappa shape index (κ3) is 3.29. The Morgan fingerprint density at radius 3 is 3.00 bits per heavy atom. The van der Waals surface area contributed by atoms with Gasteiger partial charge in [-0.15, -0.1) is 0 Å². The molecule has 0 unspecified atom stereocenters. The van der Waals surface area contributed by atoms with E-state index in [-0.39, 0.29) is 5.91 Å². The second-order valence-electron chi connectivity index (χ2n) is 4.56. The average Bonchev–Trinajstić information content (AvgIpc) is 2.69. The molecule has 1 amide bonds. The molecule has 0 aliphatic heterocycles. The van der Waals surface area contributed by atoms with Crippen LogP contribution in [0, 0.1) is 6.92 Å². The van der Waals surface area contributed by atoms with Crippen LogP contribution in [-0.4, -0.2) is 27.5 Å². The topological polar surface area (TPSA) is 46.9 Å². The number of aromatic nitrogens is 2. The summed E-state index contributed by atoms with van der Waals surface area (Å²) in [5.74, 6) is 1.97.